The first-order chi connectivity index (χ1) is 10.6. The van der Waals surface area contributed by atoms with E-state index in [1.54, 1.807) is 22.0 Å². The summed E-state index contributed by atoms with van der Waals surface area (Å²) in [5.41, 5.74) is 5.89. The van der Waals surface area contributed by atoms with E-state index in [9.17, 15) is 0 Å². The molecule has 0 spiro atoms. The summed E-state index contributed by atoms with van der Waals surface area (Å²) in [6.07, 6.45) is 11.8. The Morgan fingerprint density at radius 1 is 0.773 bits per heavy atom. The van der Waals surface area contributed by atoms with E-state index in [4.69, 9.17) is 0 Å². The van der Waals surface area contributed by atoms with E-state index in [2.05, 4.69) is 46.8 Å². The predicted octanol–water partition coefficient (Wildman–Crippen LogP) is 6.43. The van der Waals surface area contributed by atoms with E-state index in [0.29, 0.717) is 0 Å². The SMILES string of the molecule is CCCCc1ccc(PC(C)C)c(CCCC)c1CCCC. The highest BCUT2D eigenvalue weighted by molar-refractivity contribution is 7.48. The molecule has 1 aromatic rings. The first-order valence-electron chi connectivity index (χ1n) is 9.54. The molecular formula is C21H37P. The van der Waals surface area contributed by atoms with Crippen molar-refractivity contribution in [3.8, 4) is 0 Å². The summed E-state index contributed by atoms with van der Waals surface area (Å²) in [4.78, 5) is 0. The Hall–Kier alpha value is -0.350. The quantitative estimate of drug-likeness (QED) is 0.412. The molecule has 0 aliphatic carbocycles. The molecule has 0 saturated carbocycles. The van der Waals surface area contributed by atoms with E-state index >= 15 is 0 Å². The zero-order valence-corrected chi connectivity index (χ0v) is 16.6. The van der Waals surface area contributed by atoms with Crippen LogP contribution in [0.4, 0.5) is 0 Å². The first-order valence-corrected chi connectivity index (χ1v) is 10.6. The van der Waals surface area contributed by atoms with Crippen molar-refractivity contribution in [1.82, 2.24) is 0 Å². The summed E-state index contributed by atoms with van der Waals surface area (Å²) in [7, 11) is 0.971. The van der Waals surface area contributed by atoms with Crippen molar-refractivity contribution in [2.24, 2.45) is 0 Å². The topological polar surface area (TPSA) is 0 Å². The highest BCUT2D eigenvalue weighted by Gasteiger charge is 2.13. The van der Waals surface area contributed by atoms with Gasteiger partial charge in [0.15, 0.2) is 0 Å². The Labute approximate surface area is 141 Å². The molecule has 0 radical (unpaired) electrons. The van der Waals surface area contributed by atoms with Gasteiger partial charge in [-0.1, -0.05) is 74.6 Å². The number of unbranched alkanes of at least 4 members (excludes halogenated alkanes) is 3. The maximum absolute atomic E-state index is 2.46. The van der Waals surface area contributed by atoms with Crippen LogP contribution in [-0.4, -0.2) is 5.66 Å². The van der Waals surface area contributed by atoms with Crippen molar-refractivity contribution in [3.63, 3.8) is 0 Å². The third-order valence-electron chi connectivity index (χ3n) is 4.33. The van der Waals surface area contributed by atoms with Crippen LogP contribution in [-0.2, 0) is 19.3 Å². The zero-order chi connectivity index (χ0) is 16.4. The molecule has 0 nitrogen and oxygen atoms in total. The highest BCUT2D eigenvalue weighted by atomic mass is 31.1. The molecule has 1 aromatic carbocycles. The van der Waals surface area contributed by atoms with Crippen LogP contribution in [0, 0.1) is 0 Å². The van der Waals surface area contributed by atoms with Gasteiger partial charge in [0.05, 0.1) is 0 Å². The smallest absolute Gasteiger partial charge is 0.0234 e. The van der Waals surface area contributed by atoms with Crippen molar-refractivity contribution >= 4 is 13.9 Å². The predicted molar refractivity (Wildman–Crippen MR) is 105 cm³/mol. The summed E-state index contributed by atoms with van der Waals surface area (Å²) in [6.45, 7) is 11.7. The Morgan fingerprint density at radius 2 is 1.32 bits per heavy atom. The third kappa shape index (κ3) is 6.41. The van der Waals surface area contributed by atoms with Crippen LogP contribution in [0.3, 0.4) is 0 Å². The van der Waals surface area contributed by atoms with Gasteiger partial charge in [-0.2, -0.15) is 0 Å². The molecule has 1 atom stereocenters. The number of hydrogen-bond acceptors (Lipinski definition) is 0. The Kier molecular flexibility index (Phi) is 10.1. The average molecular weight is 321 g/mol. The number of rotatable bonds is 11. The maximum Gasteiger partial charge on any atom is -0.0234 e. The van der Waals surface area contributed by atoms with Gasteiger partial charge in [0.2, 0.25) is 0 Å². The lowest BCUT2D eigenvalue weighted by molar-refractivity contribution is 0.737. The molecule has 22 heavy (non-hydrogen) atoms. The van der Waals surface area contributed by atoms with Crippen molar-refractivity contribution in [2.75, 3.05) is 0 Å². The van der Waals surface area contributed by atoms with Gasteiger partial charge in [0, 0.05) is 0 Å². The molecule has 0 aliphatic rings. The normalized spacial score (nSPS) is 11.9. The van der Waals surface area contributed by atoms with Crippen LogP contribution in [0.5, 0.6) is 0 Å². The second-order valence-corrected chi connectivity index (χ2v) is 8.82. The molecule has 0 saturated heterocycles. The summed E-state index contributed by atoms with van der Waals surface area (Å²) in [6, 6.07) is 4.92. The van der Waals surface area contributed by atoms with Crippen molar-refractivity contribution in [1.29, 1.82) is 0 Å². The van der Waals surface area contributed by atoms with Crippen LogP contribution in [0.25, 0.3) is 0 Å². The Balaban J connectivity index is 3.17. The lowest BCUT2D eigenvalue weighted by Gasteiger charge is -2.20. The molecule has 0 aromatic heterocycles. The van der Waals surface area contributed by atoms with Gasteiger partial charge < -0.3 is 0 Å². The number of aryl methyl sites for hydroxylation is 1. The molecule has 1 heteroatoms. The number of benzene rings is 1. The largest absolute Gasteiger partial charge is 0.0875 e. The van der Waals surface area contributed by atoms with Crippen LogP contribution < -0.4 is 5.30 Å². The van der Waals surface area contributed by atoms with Crippen molar-refractivity contribution in [3.05, 3.63) is 28.8 Å². The van der Waals surface area contributed by atoms with Crippen molar-refractivity contribution in [2.45, 2.75) is 98.1 Å². The van der Waals surface area contributed by atoms with Gasteiger partial charge in [-0.15, -0.1) is 0 Å². The standard InChI is InChI=1S/C21H37P/c1-6-9-12-18-15-16-21(22-17(4)5)20(14-11-8-3)19(18)13-10-7-2/h15-17,22H,6-14H2,1-5H3. The molecule has 0 aliphatic heterocycles. The van der Waals surface area contributed by atoms with Gasteiger partial charge >= 0.3 is 0 Å². The minimum atomic E-state index is 0.779. The molecular weight excluding hydrogens is 283 g/mol. The van der Waals surface area contributed by atoms with E-state index in [1.165, 1.54) is 57.8 Å². The number of hydrogen-bond donors (Lipinski definition) is 0. The fourth-order valence-electron chi connectivity index (χ4n) is 3.09. The highest BCUT2D eigenvalue weighted by Crippen LogP contribution is 2.27. The van der Waals surface area contributed by atoms with Crippen LogP contribution >= 0.6 is 8.58 Å². The molecule has 126 valence electrons. The minimum Gasteiger partial charge on any atom is -0.0875 e. The first kappa shape index (κ1) is 19.7. The molecule has 0 N–H and O–H groups in total. The maximum atomic E-state index is 2.46. The summed E-state index contributed by atoms with van der Waals surface area (Å²) in [5.74, 6) is 0. The van der Waals surface area contributed by atoms with Gasteiger partial charge in [-0.3, -0.25) is 0 Å². The fraction of sp³-hybridized carbons (Fsp3) is 0.714. The lowest BCUT2D eigenvalue weighted by atomic mass is 9.91. The minimum absolute atomic E-state index is 0.779. The molecule has 0 fully saturated rings. The van der Waals surface area contributed by atoms with Crippen LogP contribution in [0.2, 0.25) is 0 Å². The van der Waals surface area contributed by atoms with Gasteiger partial charge in [0.1, 0.15) is 0 Å². The van der Waals surface area contributed by atoms with Crippen LogP contribution in [0.1, 0.15) is 89.8 Å². The summed E-state index contributed by atoms with van der Waals surface area (Å²) < 4.78 is 0. The molecule has 1 unspecified atom stereocenters. The summed E-state index contributed by atoms with van der Waals surface area (Å²) >= 11 is 0. The zero-order valence-electron chi connectivity index (χ0n) is 15.6. The molecule has 1 rings (SSSR count). The van der Waals surface area contributed by atoms with Gasteiger partial charge in [-0.25, -0.2) is 0 Å². The molecule has 0 bridgehead atoms. The lowest BCUT2D eigenvalue weighted by Crippen LogP contribution is -2.14. The fourth-order valence-corrected chi connectivity index (χ4v) is 4.34. The van der Waals surface area contributed by atoms with E-state index in [1.807, 2.05) is 0 Å². The van der Waals surface area contributed by atoms with E-state index in [-0.39, 0.29) is 0 Å². The molecule has 0 amide bonds. The Bertz CT molecular complexity index is 420. The van der Waals surface area contributed by atoms with Gasteiger partial charge in [-0.05, 0) is 66.2 Å². The van der Waals surface area contributed by atoms with E-state index < -0.39 is 0 Å². The van der Waals surface area contributed by atoms with Crippen LogP contribution in [0.15, 0.2) is 12.1 Å². The van der Waals surface area contributed by atoms with Gasteiger partial charge in [0.25, 0.3) is 0 Å². The summed E-state index contributed by atoms with van der Waals surface area (Å²) in [5, 5.41) is 1.66. The monoisotopic (exact) mass is 320 g/mol. The molecule has 0 heterocycles. The third-order valence-corrected chi connectivity index (χ3v) is 5.69. The second kappa shape index (κ2) is 11.2. The van der Waals surface area contributed by atoms with E-state index in [0.717, 1.165) is 14.2 Å². The average Bonchev–Trinajstić information content (AvgIpc) is 2.50. The van der Waals surface area contributed by atoms with Crippen molar-refractivity contribution < 1.29 is 0 Å². The second-order valence-electron chi connectivity index (χ2n) is 6.84. The Morgan fingerprint density at radius 3 is 1.86 bits per heavy atom.